The number of aryl methyl sites for hydroxylation is 1. The van der Waals surface area contributed by atoms with Crippen molar-refractivity contribution in [2.75, 3.05) is 6.54 Å². The molecule has 96 valence electrons. The van der Waals surface area contributed by atoms with Crippen LogP contribution in [-0.4, -0.2) is 37.4 Å². The van der Waals surface area contributed by atoms with E-state index in [1.807, 2.05) is 17.7 Å². The highest BCUT2D eigenvalue weighted by Gasteiger charge is 2.25. The summed E-state index contributed by atoms with van der Waals surface area (Å²) in [5, 5.41) is 8.23. The molecule has 1 atom stereocenters. The minimum Gasteiger partial charge on any atom is -0.361 e. The molecule has 1 saturated heterocycles. The van der Waals surface area contributed by atoms with Crippen molar-refractivity contribution in [3.63, 3.8) is 0 Å². The van der Waals surface area contributed by atoms with Crippen LogP contribution in [0, 0.1) is 6.92 Å². The topological polar surface area (TPSA) is 60.0 Å². The lowest BCUT2D eigenvalue weighted by molar-refractivity contribution is 0.213. The van der Waals surface area contributed by atoms with Crippen LogP contribution in [0.2, 0.25) is 0 Å². The number of rotatable bonds is 4. The van der Waals surface area contributed by atoms with E-state index < -0.39 is 0 Å². The molecule has 0 bridgehead atoms. The molecular weight excluding hydrogens is 230 g/mol. The molecule has 1 unspecified atom stereocenters. The average molecular weight is 247 g/mol. The molecule has 3 rings (SSSR count). The molecule has 1 fully saturated rings. The summed E-state index contributed by atoms with van der Waals surface area (Å²) in [6.07, 6.45) is 5.80. The summed E-state index contributed by atoms with van der Waals surface area (Å²) in [4.78, 5) is 6.43. The SMILES string of the molecule is Cc1cc(CN2CCCC2Cn2cncn2)no1. The normalized spacial score (nSPS) is 20.6. The van der Waals surface area contributed by atoms with Crippen LogP contribution in [0.4, 0.5) is 0 Å². The zero-order chi connectivity index (χ0) is 12.4. The summed E-state index contributed by atoms with van der Waals surface area (Å²) < 4.78 is 7.01. The fourth-order valence-corrected chi connectivity index (χ4v) is 2.55. The van der Waals surface area contributed by atoms with Gasteiger partial charge in [-0.1, -0.05) is 5.16 Å². The molecule has 0 saturated carbocycles. The second-order valence-corrected chi connectivity index (χ2v) is 4.81. The van der Waals surface area contributed by atoms with Crippen molar-refractivity contribution in [1.82, 2.24) is 24.8 Å². The van der Waals surface area contributed by atoms with Crippen molar-refractivity contribution in [1.29, 1.82) is 0 Å². The van der Waals surface area contributed by atoms with Gasteiger partial charge < -0.3 is 4.52 Å². The van der Waals surface area contributed by atoms with Crippen LogP contribution in [0.5, 0.6) is 0 Å². The number of hydrogen-bond acceptors (Lipinski definition) is 5. The van der Waals surface area contributed by atoms with Crippen molar-refractivity contribution in [3.8, 4) is 0 Å². The minimum atomic E-state index is 0.517. The Kier molecular flexibility index (Phi) is 3.10. The highest BCUT2D eigenvalue weighted by atomic mass is 16.5. The number of likely N-dealkylation sites (tertiary alicyclic amines) is 1. The Morgan fingerprint density at radius 3 is 3.17 bits per heavy atom. The van der Waals surface area contributed by atoms with E-state index in [9.17, 15) is 0 Å². The van der Waals surface area contributed by atoms with E-state index in [0.29, 0.717) is 6.04 Å². The van der Waals surface area contributed by atoms with Gasteiger partial charge in [-0.15, -0.1) is 0 Å². The lowest BCUT2D eigenvalue weighted by atomic mass is 10.2. The van der Waals surface area contributed by atoms with Crippen LogP contribution in [0.15, 0.2) is 23.2 Å². The Hall–Kier alpha value is -1.69. The molecular formula is C12H17N5O. The summed E-state index contributed by atoms with van der Waals surface area (Å²) >= 11 is 0. The first-order chi connectivity index (χ1) is 8.81. The standard InChI is InChI=1S/C12H17N5O/c1-10-5-11(15-18-10)6-16-4-2-3-12(16)7-17-9-13-8-14-17/h5,8-9,12H,2-4,6-7H2,1H3. The molecule has 1 aliphatic rings. The third kappa shape index (κ3) is 2.43. The fraction of sp³-hybridized carbons (Fsp3) is 0.583. The molecule has 1 aliphatic heterocycles. The molecule has 18 heavy (non-hydrogen) atoms. The Morgan fingerprint density at radius 1 is 1.50 bits per heavy atom. The maximum atomic E-state index is 5.11. The van der Waals surface area contributed by atoms with Gasteiger partial charge >= 0.3 is 0 Å². The van der Waals surface area contributed by atoms with Gasteiger partial charge in [0.25, 0.3) is 0 Å². The van der Waals surface area contributed by atoms with Crippen LogP contribution < -0.4 is 0 Å². The Labute approximate surface area is 106 Å². The van der Waals surface area contributed by atoms with Crippen molar-refractivity contribution in [2.45, 2.75) is 38.9 Å². The molecule has 6 heteroatoms. The number of aromatic nitrogens is 4. The van der Waals surface area contributed by atoms with Crippen LogP contribution >= 0.6 is 0 Å². The molecule has 3 heterocycles. The van der Waals surface area contributed by atoms with E-state index in [1.165, 1.54) is 12.8 Å². The first-order valence-electron chi connectivity index (χ1n) is 6.30. The maximum Gasteiger partial charge on any atom is 0.137 e. The van der Waals surface area contributed by atoms with E-state index in [2.05, 4.69) is 20.1 Å². The maximum absolute atomic E-state index is 5.11. The van der Waals surface area contributed by atoms with Crippen LogP contribution in [0.25, 0.3) is 0 Å². The largest absolute Gasteiger partial charge is 0.361 e. The molecule has 0 aliphatic carbocycles. The van der Waals surface area contributed by atoms with E-state index in [1.54, 1.807) is 12.7 Å². The van der Waals surface area contributed by atoms with Crippen LogP contribution in [0.1, 0.15) is 24.3 Å². The molecule has 0 amide bonds. The summed E-state index contributed by atoms with van der Waals surface area (Å²) in [6.45, 7) is 4.80. The van der Waals surface area contributed by atoms with E-state index in [4.69, 9.17) is 4.52 Å². The van der Waals surface area contributed by atoms with E-state index >= 15 is 0 Å². The fourth-order valence-electron chi connectivity index (χ4n) is 2.55. The zero-order valence-corrected chi connectivity index (χ0v) is 10.5. The van der Waals surface area contributed by atoms with E-state index in [0.717, 1.165) is 31.1 Å². The highest BCUT2D eigenvalue weighted by molar-refractivity contribution is 5.04. The number of hydrogen-bond donors (Lipinski definition) is 0. The third-order valence-electron chi connectivity index (χ3n) is 3.41. The van der Waals surface area contributed by atoms with Gasteiger partial charge in [-0.2, -0.15) is 5.10 Å². The smallest absolute Gasteiger partial charge is 0.137 e. The molecule has 0 N–H and O–H groups in total. The molecule has 0 spiro atoms. The quantitative estimate of drug-likeness (QED) is 0.813. The van der Waals surface area contributed by atoms with Gasteiger partial charge in [0.1, 0.15) is 18.4 Å². The Bertz CT molecular complexity index is 492. The third-order valence-corrected chi connectivity index (χ3v) is 3.41. The molecule has 0 aromatic carbocycles. The van der Waals surface area contributed by atoms with Gasteiger partial charge in [0.2, 0.25) is 0 Å². The zero-order valence-electron chi connectivity index (χ0n) is 10.5. The summed E-state index contributed by atoms with van der Waals surface area (Å²) in [5.74, 6) is 0.872. The van der Waals surface area contributed by atoms with Gasteiger partial charge in [-0.3, -0.25) is 9.58 Å². The van der Waals surface area contributed by atoms with E-state index in [-0.39, 0.29) is 0 Å². The first-order valence-corrected chi connectivity index (χ1v) is 6.30. The van der Waals surface area contributed by atoms with Crippen LogP contribution in [0.3, 0.4) is 0 Å². The van der Waals surface area contributed by atoms with Crippen molar-refractivity contribution in [2.24, 2.45) is 0 Å². The first kappa shape index (κ1) is 11.4. The van der Waals surface area contributed by atoms with Crippen LogP contribution in [-0.2, 0) is 13.1 Å². The van der Waals surface area contributed by atoms with Crippen molar-refractivity contribution < 1.29 is 4.52 Å². The van der Waals surface area contributed by atoms with Gasteiger partial charge in [0.15, 0.2) is 0 Å². The second kappa shape index (κ2) is 4.89. The second-order valence-electron chi connectivity index (χ2n) is 4.81. The summed E-state index contributed by atoms with van der Waals surface area (Å²) in [7, 11) is 0. The minimum absolute atomic E-state index is 0.517. The Balaban J connectivity index is 1.64. The Morgan fingerprint density at radius 2 is 2.44 bits per heavy atom. The average Bonchev–Trinajstić information content (AvgIpc) is 3.05. The van der Waals surface area contributed by atoms with Gasteiger partial charge in [0.05, 0.1) is 12.2 Å². The van der Waals surface area contributed by atoms with Gasteiger partial charge in [-0.25, -0.2) is 4.98 Å². The predicted molar refractivity (Wildman–Crippen MR) is 64.7 cm³/mol. The lowest BCUT2D eigenvalue weighted by Crippen LogP contribution is -2.32. The highest BCUT2D eigenvalue weighted by Crippen LogP contribution is 2.21. The lowest BCUT2D eigenvalue weighted by Gasteiger charge is -2.22. The number of nitrogens with zero attached hydrogens (tertiary/aromatic N) is 5. The predicted octanol–water partition coefficient (Wildman–Crippen LogP) is 1.24. The van der Waals surface area contributed by atoms with Crippen molar-refractivity contribution in [3.05, 3.63) is 30.2 Å². The van der Waals surface area contributed by atoms with Gasteiger partial charge in [-0.05, 0) is 26.3 Å². The monoisotopic (exact) mass is 247 g/mol. The molecule has 0 radical (unpaired) electrons. The molecule has 6 nitrogen and oxygen atoms in total. The molecule has 2 aromatic rings. The summed E-state index contributed by atoms with van der Waals surface area (Å²) in [6, 6.07) is 2.52. The van der Waals surface area contributed by atoms with Gasteiger partial charge in [0, 0.05) is 18.7 Å². The summed E-state index contributed by atoms with van der Waals surface area (Å²) in [5.41, 5.74) is 1.01. The van der Waals surface area contributed by atoms with Crippen molar-refractivity contribution >= 4 is 0 Å². The molecule has 2 aromatic heterocycles.